The summed E-state index contributed by atoms with van der Waals surface area (Å²) < 4.78 is 69.6. The molecule has 2 aromatic rings. The van der Waals surface area contributed by atoms with Gasteiger partial charge in [0.25, 0.3) is 5.91 Å². The minimum absolute atomic E-state index is 0.0970. The summed E-state index contributed by atoms with van der Waals surface area (Å²) in [6, 6.07) is 7.42. The Kier molecular flexibility index (Phi) is 6.69. The molecule has 174 valence electrons. The standard InChI is InChI=1S/C22H25F3N2O4S/c1-22(2,29)21(28)27-12-17(24)20(26-32(3,30)31)18(27)11-14-7-5-9-16(19(14)25)13-6-4-8-15(23)10-13/h4-10,17-18,20,26,29H,11-12H2,1-3H3/t17-,18?,20-/m0/s1. The summed E-state index contributed by atoms with van der Waals surface area (Å²) in [4.78, 5) is 13.8. The third-order valence-corrected chi connectivity index (χ3v) is 6.05. The van der Waals surface area contributed by atoms with Crippen LogP contribution in [-0.2, 0) is 21.2 Å². The van der Waals surface area contributed by atoms with Crippen molar-refractivity contribution < 1.29 is 31.5 Å². The third-order valence-electron chi connectivity index (χ3n) is 5.35. The van der Waals surface area contributed by atoms with Crippen LogP contribution in [0.3, 0.4) is 0 Å². The van der Waals surface area contributed by atoms with Crippen LogP contribution in [0.15, 0.2) is 42.5 Å². The number of halogens is 3. The van der Waals surface area contributed by atoms with E-state index in [-0.39, 0.29) is 17.5 Å². The number of carbonyl (C=O) groups excluding carboxylic acids is 1. The lowest BCUT2D eigenvalue weighted by Crippen LogP contribution is -2.53. The summed E-state index contributed by atoms with van der Waals surface area (Å²) in [5.41, 5.74) is -1.32. The van der Waals surface area contributed by atoms with Crippen molar-refractivity contribution in [2.24, 2.45) is 0 Å². The largest absolute Gasteiger partial charge is 0.381 e. The summed E-state index contributed by atoms with van der Waals surface area (Å²) in [7, 11) is -3.84. The van der Waals surface area contributed by atoms with Gasteiger partial charge in [-0.1, -0.05) is 30.3 Å². The molecule has 3 atom stereocenters. The summed E-state index contributed by atoms with van der Waals surface area (Å²) in [6.07, 6.45) is -1.11. The van der Waals surface area contributed by atoms with Gasteiger partial charge >= 0.3 is 0 Å². The highest BCUT2D eigenvalue weighted by atomic mass is 32.2. The fourth-order valence-corrected chi connectivity index (χ4v) is 4.73. The van der Waals surface area contributed by atoms with Crippen molar-refractivity contribution in [1.82, 2.24) is 9.62 Å². The molecule has 0 bridgehead atoms. The molecule has 6 nitrogen and oxygen atoms in total. The fourth-order valence-electron chi connectivity index (χ4n) is 3.94. The van der Waals surface area contributed by atoms with Gasteiger partial charge in [-0.3, -0.25) is 4.79 Å². The number of carbonyl (C=O) groups is 1. The first kappa shape index (κ1) is 24.2. The second-order valence-electron chi connectivity index (χ2n) is 8.51. The van der Waals surface area contributed by atoms with Gasteiger partial charge in [-0.05, 0) is 43.5 Å². The van der Waals surface area contributed by atoms with Gasteiger partial charge in [0.15, 0.2) is 0 Å². The maximum atomic E-state index is 15.4. The first-order valence-electron chi connectivity index (χ1n) is 9.96. The Morgan fingerprint density at radius 1 is 1.22 bits per heavy atom. The molecule has 0 radical (unpaired) electrons. The van der Waals surface area contributed by atoms with E-state index >= 15 is 4.39 Å². The maximum Gasteiger partial charge on any atom is 0.254 e. The zero-order valence-corrected chi connectivity index (χ0v) is 18.7. The van der Waals surface area contributed by atoms with Crippen molar-refractivity contribution in [3.05, 3.63) is 59.7 Å². The zero-order chi connectivity index (χ0) is 23.8. The number of hydrogen-bond acceptors (Lipinski definition) is 4. The van der Waals surface area contributed by atoms with Gasteiger partial charge in [-0.25, -0.2) is 26.3 Å². The van der Waals surface area contributed by atoms with E-state index in [0.717, 1.165) is 11.2 Å². The van der Waals surface area contributed by atoms with Crippen LogP contribution in [0.25, 0.3) is 11.1 Å². The van der Waals surface area contributed by atoms with Crippen LogP contribution < -0.4 is 4.72 Å². The number of alkyl halides is 1. The highest BCUT2D eigenvalue weighted by Crippen LogP contribution is 2.31. The summed E-state index contributed by atoms with van der Waals surface area (Å²) in [6.45, 7) is 2.02. The molecule has 1 aliphatic heterocycles. The Labute approximate surface area is 185 Å². The number of nitrogens with one attached hydrogen (secondary N) is 1. The van der Waals surface area contributed by atoms with Gasteiger partial charge in [0.1, 0.15) is 23.4 Å². The smallest absolute Gasteiger partial charge is 0.254 e. The molecule has 10 heteroatoms. The predicted molar refractivity (Wildman–Crippen MR) is 114 cm³/mol. The summed E-state index contributed by atoms with van der Waals surface area (Å²) in [5, 5.41) is 10.1. The minimum Gasteiger partial charge on any atom is -0.381 e. The molecular weight excluding hydrogens is 445 g/mol. The van der Waals surface area contributed by atoms with Crippen molar-refractivity contribution in [2.75, 3.05) is 12.8 Å². The van der Waals surface area contributed by atoms with E-state index < -0.39 is 58.0 Å². The normalized spacial score (nSPS) is 21.7. The minimum atomic E-state index is -3.84. The molecule has 0 aromatic heterocycles. The molecule has 1 unspecified atom stereocenters. The number of amides is 1. The first-order chi connectivity index (χ1) is 14.8. The van der Waals surface area contributed by atoms with Crippen molar-refractivity contribution >= 4 is 15.9 Å². The molecule has 32 heavy (non-hydrogen) atoms. The Hall–Kier alpha value is -2.43. The average molecular weight is 471 g/mol. The van der Waals surface area contributed by atoms with E-state index in [1.165, 1.54) is 50.2 Å². The second kappa shape index (κ2) is 8.84. The molecule has 3 rings (SSSR count). The number of hydrogen-bond donors (Lipinski definition) is 2. The number of sulfonamides is 1. The topological polar surface area (TPSA) is 86.7 Å². The molecular formula is C22H25F3N2O4S. The van der Waals surface area contributed by atoms with Crippen LogP contribution in [0.4, 0.5) is 13.2 Å². The number of likely N-dealkylation sites (tertiary alicyclic amines) is 1. The summed E-state index contributed by atoms with van der Waals surface area (Å²) in [5.74, 6) is -2.03. The highest BCUT2D eigenvalue weighted by molar-refractivity contribution is 7.88. The Morgan fingerprint density at radius 2 is 1.88 bits per heavy atom. The number of aliphatic hydroxyl groups is 1. The van der Waals surface area contributed by atoms with Crippen LogP contribution in [0, 0.1) is 11.6 Å². The monoisotopic (exact) mass is 470 g/mol. The van der Waals surface area contributed by atoms with Crippen LogP contribution in [0.1, 0.15) is 19.4 Å². The van der Waals surface area contributed by atoms with Gasteiger partial charge in [-0.15, -0.1) is 0 Å². The highest BCUT2D eigenvalue weighted by Gasteiger charge is 2.48. The molecule has 1 heterocycles. The molecule has 0 saturated carbocycles. The molecule has 1 fully saturated rings. The Morgan fingerprint density at radius 3 is 2.47 bits per heavy atom. The Balaban J connectivity index is 2.02. The van der Waals surface area contributed by atoms with E-state index in [1.54, 1.807) is 6.07 Å². The van der Waals surface area contributed by atoms with Crippen LogP contribution in [0.5, 0.6) is 0 Å². The van der Waals surface area contributed by atoms with Crippen LogP contribution in [-0.4, -0.2) is 61.0 Å². The zero-order valence-electron chi connectivity index (χ0n) is 17.8. The van der Waals surface area contributed by atoms with E-state index in [9.17, 15) is 27.1 Å². The van der Waals surface area contributed by atoms with Crippen molar-refractivity contribution in [3.63, 3.8) is 0 Å². The van der Waals surface area contributed by atoms with E-state index in [0.29, 0.717) is 5.56 Å². The van der Waals surface area contributed by atoms with E-state index in [2.05, 4.69) is 4.72 Å². The number of nitrogens with zero attached hydrogens (tertiary/aromatic N) is 1. The predicted octanol–water partition coefficient (Wildman–Crippen LogP) is 2.41. The fraction of sp³-hybridized carbons (Fsp3) is 0.409. The summed E-state index contributed by atoms with van der Waals surface area (Å²) >= 11 is 0. The quantitative estimate of drug-likeness (QED) is 0.679. The molecule has 0 aliphatic carbocycles. The molecule has 2 aromatic carbocycles. The number of rotatable bonds is 6. The maximum absolute atomic E-state index is 15.4. The molecule has 0 spiro atoms. The van der Waals surface area contributed by atoms with Gasteiger partial charge in [0.2, 0.25) is 10.0 Å². The van der Waals surface area contributed by atoms with E-state index in [4.69, 9.17) is 0 Å². The van der Waals surface area contributed by atoms with Gasteiger partial charge in [0, 0.05) is 5.56 Å². The van der Waals surface area contributed by atoms with Crippen LogP contribution in [0.2, 0.25) is 0 Å². The molecule has 1 amide bonds. The van der Waals surface area contributed by atoms with E-state index in [1.807, 2.05) is 0 Å². The van der Waals surface area contributed by atoms with Crippen molar-refractivity contribution in [3.8, 4) is 11.1 Å². The lowest BCUT2D eigenvalue weighted by atomic mass is 9.95. The van der Waals surface area contributed by atoms with Gasteiger partial charge in [-0.2, -0.15) is 0 Å². The molecule has 1 aliphatic rings. The SMILES string of the molecule is CC(C)(O)C(=O)N1C[C@H](F)[C@H](NS(C)(=O)=O)C1Cc1cccc(-c2cccc(F)c2)c1F. The van der Waals surface area contributed by atoms with Gasteiger partial charge < -0.3 is 10.0 Å². The second-order valence-corrected chi connectivity index (χ2v) is 10.3. The molecule has 1 saturated heterocycles. The van der Waals surface area contributed by atoms with Crippen molar-refractivity contribution in [2.45, 2.75) is 44.1 Å². The van der Waals surface area contributed by atoms with Crippen LogP contribution >= 0.6 is 0 Å². The lowest BCUT2D eigenvalue weighted by Gasteiger charge is -2.32. The lowest BCUT2D eigenvalue weighted by molar-refractivity contribution is -0.149. The van der Waals surface area contributed by atoms with Crippen molar-refractivity contribution in [1.29, 1.82) is 0 Å². The average Bonchev–Trinajstić information content (AvgIpc) is 2.96. The Bertz CT molecular complexity index is 1120. The first-order valence-corrected chi connectivity index (χ1v) is 11.8. The number of benzene rings is 2. The molecule has 2 N–H and O–H groups in total. The third kappa shape index (κ3) is 5.31. The van der Waals surface area contributed by atoms with Gasteiger partial charge in [0.05, 0.1) is 24.9 Å².